The molecule has 5 rings (SSSR count). The molecule has 2 unspecified atom stereocenters. The van der Waals surface area contributed by atoms with Crippen LogP contribution in [0.25, 0.3) is 11.4 Å². The summed E-state index contributed by atoms with van der Waals surface area (Å²) in [7, 11) is 0. The lowest BCUT2D eigenvalue weighted by molar-refractivity contribution is 0.102. The molecule has 2 aliphatic rings. The van der Waals surface area contributed by atoms with E-state index in [0.717, 1.165) is 49.1 Å². The summed E-state index contributed by atoms with van der Waals surface area (Å²) >= 11 is 1.26. The highest BCUT2D eigenvalue weighted by Gasteiger charge is 2.31. The first-order chi connectivity index (χ1) is 16.8. The van der Waals surface area contributed by atoms with E-state index in [2.05, 4.69) is 32.7 Å². The van der Waals surface area contributed by atoms with Crippen molar-refractivity contribution in [2.75, 3.05) is 11.5 Å². The number of carbonyl (C=O) groups excluding carboxylic acids is 1. The Labute approximate surface area is 207 Å². The van der Waals surface area contributed by atoms with Crippen molar-refractivity contribution in [1.82, 2.24) is 24.3 Å². The lowest BCUT2D eigenvalue weighted by Crippen LogP contribution is -2.36. The van der Waals surface area contributed by atoms with Crippen molar-refractivity contribution >= 4 is 23.4 Å². The number of benzene rings is 1. The van der Waals surface area contributed by atoms with Crippen LogP contribution in [0.3, 0.4) is 0 Å². The number of hydrogen-bond acceptors (Lipinski definition) is 7. The molecule has 3 aromatic rings. The fourth-order valence-electron chi connectivity index (χ4n) is 5.07. The molecule has 3 N–H and O–H groups in total. The quantitative estimate of drug-likeness (QED) is 0.378. The highest BCUT2D eigenvalue weighted by atomic mass is 32.2. The molecule has 9 nitrogen and oxygen atoms in total. The molecule has 2 aliphatic carbocycles. The standard InChI is InChI=1S/C25H30N6O3S/c1-14-6-5-8-16(12-14)22-28-29-25(31(22)18-9-4-3-7-15(18)2)35-13-19(32)20-21(26)30(17-10-11-17)24(34)27-23(20)33/h5-6,8,12,15,17-18H,3-4,7,9-11,13,26H2,1-2H3,(H,27,33,34). The smallest absolute Gasteiger partial charge is 0.330 e. The van der Waals surface area contributed by atoms with Gasteiger partial charge in [-0.3, -0.25) is 23.7 Å². The van der Waals surface area contributed by atoms with E-state index in [-0.39, 0.29) is 29.2 Å². The van der Waals surface area contributed by atoms with Gasteiger partial charge in [0.15, 0.2) is 16.8 Å². The van der Waals surface area contributed by atoms with Crippen molar-refractivity contribution in [2.24, 2.45) is 5.92 Å². The predicted octanol–water partition coefficient (Wildman–Crippen LogP) is 3.75. The number of Topliss-reactive ketones (excluding diaryl/α,β-unsaturated/α-hetero) is 1. The molecule has 0 amide bonds. The first-order valence-electron chi connectivity index (χ1n) is 12.2. The van der Waals surface area contributed by atoms with Crippen molar-refractivity contribution in [1.29, 1.82) is 0 Å². The van der Waals surface area contributed by atoms with Crippen molar-refractivity contribution in [2.45, 2.75) is 69.6 Å². The minimum Gasteiger partial charge on any atom is -0.384 e. The van der Waals surface area contributed by atoms with E-state index in [1.807, 2.05) is 25.1 Å². The summed E-state index contributed by atoms with van der Waals surface area (Å²) in [6, 6.07) is 8.36. The van der Waals surface area contributed by atoms with Crippen LogP contribution in [0.1, 0.15) is 73.5 Å². The van der Waals surface area contributed by atoms with E-state index in [1.54, 1.807) is 0 Å². The van der Waals surface area contributed by atoms with Crippen LogP contribution in [0.4, 0.5) is 5.82 Å². The van der Waals surface area contributed by atoms with Gasteiger partial charge in [0.05, 0.1) is 5.75 Å². The van der Waals surface area contributed by atoms with E-state index in [4.69, 9.17) is 5.73 Å². The number of aromatic nitrogens is 5. The van der Waals surface area contributed by atoms with Crippen LogP contribution < -0.4 is 17.0 Å². The average molecular weight is 495 g/mol. The molecular formula is C25H30N6O3S. The van der Waals surface area contributed by atoms with Crippen LogP contribution in [-0.2, 0) is 0 Å². The summed E-state index contributed by atoms with van der Waals surface area (Å²) in [5.41, 5.74) is 6.81. The maximum atomic E-state index is 13.1. The second-order valence-electron chi connectivity index (χ2n) is 9.71. The topological polar surface area (TPSA) is 129 Å². The third-order valence-electron chi connectivity index (χ3n) is 7.04. The lowest BCUT2D eigenvalue weighted by atomic mass is 9.85. The van der Waals surface area contributed by atoms with Gasteiger partial charge < -0.3 is 5.73 Å². The molecule has 2 saturated carbocycles. The molecule has 0 radical (unpaired) electrons. The van der Waals surface area contributed by atoms with Crippen molar-refractivity contribution in [3.8, 4) is 11.4 Å². The summed E-state index contributed by atoms with van der Waals surface area (Å²) in [5, 5.41) is 9.64. The molecule has 2 atom stereocenters. The Morgan fingerprint density at radius 1 is 1.14 bits per heavy atom. The summed E-state index contributed by atoms with van der Waals surface area (Å²) in [5.74, 6) is 0.755. The number of nitrogens with one attached hydrogen (secondary N) is 1. The van der Waals surface area contributed by atoms with Crippen LogP contribution >= 0.6 is 11.8 Å². The molecule has 0 aliphatic heterocycles. The van der Waals surface area contributed by atoms with Gasteiger partial charge in [0.1, 0.15) is 11.4 Å². The van der Waals surface area contributed by atoms with Gasteiger partial charge in [-0.1, -0.05) is 55.3 Å². The number of rotatable bonds is 7. The Bertz CT molecular complexity index is 1390. The molecule has 2 heterocycles. The summed E-state index contributed by atoms with van der Waals surface area (Å²) in [6.07, 6.45) is 6.12. The Kier molecular flexibility index (Phi) is 6.39. The normalized spacial score (nSPS) is 20.2. The Balaban J connectivity index is 1.47. The van der Waals surface area contributed by atoms with Gasteiger partial charge in [-0.2, -0.15) is 0 Å². The number of aromatic amines is 1. The maximum Gasteiger partial charge on any atom is 0.330 e. The van der Waals surface area contributed by atoms with E-state index in [1.165, 1.54) is 22.7 Å². The zero-order valence-corrected chi connectivity index (χ0v) is 20.8. The monoisotopic (exact) mass is 494 g/mol. The molecule has 0 bridgehead atoms. The zero-order valence-electron chi connectivity index (χ0n) is 20.0. The first-order valence-corrected chi connectivity index (χ1v) is 13.2. The SMILES string of the molecule is Cc1cccc(-c2nnc(SCC(=O)c3c(N)n(C4CC4)c(=O)[nH]c3=O)n2C2CCCCC2C)c1. The van der Waals surface area contributed by atoms with Crippen LogP contribution in [0.2, 0.25) is 0 Å². The number of hydrogen-bond donors (Lipinski definition) is 2. The fraction of sp³-hybridized carbons (Fsp3) is 0.480. The number of thioether (sulfide) groups is 1. The molecule has 0 saturated heterocycles. The maximum absolute atomic E-state index is 13.1. The predicted molar refractivity (Wildman–Crippen MR) is 136 cm³/mol. The Morgan fingerprint density at radius 2 is 1.91 bits per heavy atom. The molecule has 0 spiro atoms. The van der Waals surface area contributed by atoms with Gasteiger partial charge in [0, 0.05) is 17.6 Å². The van der Waals surface area contributed by atoms with Crippen LogP contribution in [0, 0.1) is 12.8 Å². The van der Waals surface area contributed by atoms with E-state index in [0.29, 0.717) is 11.1 Å². The van der Waals surface area contributed by atoms with Gasteiger partial charge in [-0.05, 0) is 44.6 Å². The number of nitrogen functional groups attached to an aromatic ring is 1. The number of anilines is 1. The molecule has 2 fully saturated rings. The van der Waals surface area contributed by atoms with Gasteiger partial charge in [-0.15, -0.1) is 10.2 Å². The number of carbonyl (C=O) groups is 1. The number of ketones is 1. The lowest BCUT2D eigenvalue weighted by Gasteiger charge is -2.31. The van der Waals surface area contributed by atoms with Gasteiger partial charge in [0.2, 0.25) is 0 Å². The molecule has 1 aromatic carbocycles. The molecule has 2 aromatic heterocycles. The van der Waals surface area contributed by atoms with Crippen molar-refractivity contribution in [3.05, 3.63) is 56.2 Å². The second-order valence-corrected chi connectivity index (χ2v) is 10.6. The number of aryl methyl sites for hydroxylation is 1. The molecule has 35 heavy (non-hydrogen) atoms. The zero-order chi connectivity index (χ0) is 24.7. The minimum atomic E-state index is -0.738. The summed E-state index contributed by atoms with van der Waals surface area (Å²) in [6.45, 7) is 4.30. The third-order valence-corrected chi connectivity index (χ3v) is 7.99. The van der Waals surface area contributed by atoms with Crippen LogP contribution in [0.15, 0.2) is 39.0 Å². The molecule has 184 valence electrons. The van der Waals surface area contributed by atoms with Crippen LogP contribution in [0.5, 0.6) is 0 Å². The highest BCUT2D eigenvalue weighted by Crippen LogP contribution is 2.39. The van der Waals surface area contributed by atoms with Gasteiger partial charge >= 0.3 is 5.69 Å². The van der Waals surface area contributed by atoms with E-state index >= 15 is 0 Å². The second kappa shape index (κ2) is 9.49. The fourth-order valence-corrected chi connectivity index (χ4v) is 5.93. The molecule has 10 heteroatoms. The van der Waals surface area contributed by atoms with E-state index < -0.39 is 17.0 Å². The van der Waals surface area contributed by atoms with Gasteiger partial charge in [-0.25, -0.2) is 4.79 Å². The average Bonchev–Trinajstić information content (AvgIpc) is 3.55. The van der Waals surface area contributed by atoms with Crippen LogP contribution in [-0.4, -0.2) is 35.9 Å². The van der Waals surface area contributed by atoms with Crippen molar-refractivity contribution < 1.29 is 4.79 Å². The summed E-state index contributed by atoms with van der Waals surface area (Å²) < 4.78 is 3.51. The molecular weight excluding hydrogens is 464 g/mol. The first kappa shape index (κ1) is 23.6. The Morgan fingerprint density at radius 3 is 2.63 bits per heavy atom. The number of H-pyrrole nitrogens is 1. The van der Waals surface area contributed by atoms with Gasteiger partial charge in [0.25, 0.3) is 5.56 Å². The summed E-state index contributed by atoms with van der Waals surface area (Å²) in [4.78, 5) is 40.1. The highest BCUT2D eigenvalue weighted by molar-refractivity contribution is 7.99. The van der Waals surface area contributed by atoms with E-state index in [9.17, 15) is 14.4 Å². The third kappa shape index (κ3) is 4.59. The minimum absolute atomic E-state index is 0.0246. The van der Waals surface area contributed by atoms with Crippen molar-refractivity contribution in [3.63, 3.8) is 0 Å². The number of nitrogens with zero attached hydrogens (tertiary/aromatic N) is 4. The largest absolute Gasteiger partial charge is 0.384 e. The number of nitrogens with two attached hydrogens (primary N) is 1. The Hall–Kier alpha value is -3.14.